The second kappa shape index (κ2) is 5.44. The topological polar surface area (TPSA) is 70.8 Å². The van der Waals surface area contributed by atoms with Gasteiger partial charge in [-0.2, -0.15) is 0 Å². The monoisotopic (exact) mass is 285 g/mol. The van der Waals surface area contributed by atoms with E-state index in [1.165, 1.54) is 0 Å². The standard InChI is InChI=1S/C16H15NO4/c18-15(6-5-14-2-1-7-21-14)17-9-12-4-3-11(16(19)20)8-13(12)10-17/h1-4,7-8H,5-6,9-10H2,(H,19,20). The highest BCUT2D eigenvalue weighted by molar-refractivity contribution is 5.88. The molecule has 2 aromatic rings. The molecule has 0 atom stereocenters. The average Bonchev–Trinajstić information content (AvgIpc) is 3.12. The van der Waals surface area contributed by atoms with Crippen molar-refractivity contribution >= 4 is 11.9 Å². The van der Waals surface area contributed by atoms with E-state index < -0.39 is 5.97 Å². The Morgan fingerprint density at radius 2 is 2.00 bits per heavy atom. The molecular weight excluding hydrogens is 270 g/mol. The van der Waals surface area contributed by atoms with E-state index >= 15 is 0 Å². The number of aromatic carboxylic acids is 1. The number of carbonyl (C=O) groups excluding carboxylic acids is 1. The van der Waals surface area contributed by atoms with Crippen LogP contribution in [0.3, 0.4) is 0 Å². The number of fused-ring (bicyclic) bond motifs is 1. The van der Waals surface area contributed by atoms with Crippen LogP contribution in [0.5, 0.6) is 0 Å². The number of carboxylic acid groups (broad SMARTS) is 1. The van der Waals surface area contributed by atoms with Crippen LogP contribution >= 0.6 is 0 Å². The molecule has 1 aliphatic heterocycles. The Labute approximate surface area is 121 Å². The first-order chi connectivity index (χ1) is 10.1. The lowest BCUT2D eigenvalue weighted by Gasteiger charge is -2.14. The summed E-state index contributed by atoms with van der Waals surface area (Å²) in [6, 6.07) is 8.68. The maximum Gasteiger partial charge on any atom is 0.335 e. The average molecular weight is 285 g/mol. The van der Waals surface area contributed by atoms with Gasteiger partial charge in [0.2, 0.25) is 5.91 Å². The van der Waals surface area contributed by atoms with E-state index in [0.29, 0.717) is 25.9 Å². The van der Waals surface area contributed by atoms with Crippen molar-refractivity contribution in [1.82, 2.24) is 4.90 Å². The van der Waals surface area contributed by atoms with E-state index in [4.69, 9.17) is 9.52 Å². The van der Waals surface area contributed by atoms with Crippen molar-refractivity contribution in [2.75, 3.05) is 0 Å². The van der Waals surface area contributed by atoms with Gasteiger partial charge in [0.15, 0.2) is 0 Å². The molecule has 1 aromatic heterocycles. The summed E-state index contributed by atoms with van der Waals surface area (Å²) in [4.78, 5) is 24.9. The van der Waals surface area contributed by atoms with E-state index in [-0.39, 0.29) is 11.5 Å². The Balaban J connectivity index is 1.64. The van der Waals surface area contributed by atoms with Crippen LogP contribution in [0.4, 0.5) is 0 Å². The molecule has 0 radical (unpaired) electrons. The molecule has 2 heterocycles. The van der Waals surface area contributed by atoms with Gasteiger partial charge in [-0.15, -0.1) is 0 Å². The maximum atomic E-state index is 12.2. The van der Waals surface area contributed by atoms with Gasteiger partial charge >= 0.3 is 5.97 Å². The molecular formula is C16H15NO4. The van der Waals surface area contributed by atoms with Crippen LogP contribution in [0.15, 0.2) is 41.0 Å². The molecule has 1 N–H and O–H groups in total. The third-order valence-electron chi connectivity index (χ3n) is 3.69. The fourth-order valence-electron chi connectivity index (χ4n) is 2.55. The van der Waals surface area contributed by atoms with Gasteiger partial charge in [0.25, 0.3) is 0 Å². The third kappa shape index (κ3) is 2.81. The van der Waals surface area contributed by atoms with Gasteiger partial charge in [0.1, 0.15) is 5.76 Å². The number of furan rings is 1. The Hall–Kier alpha value is -2.56. The number of benzene rings is 1. The van der Waals surface area contributed by atoms with E-state index in [9.17, 15) is 9.59 Å². The number of nitrogens with zero attached hydrogens (tertiary/aromatic N) is 1. The van der Waals surface area contributed by atoms with Crippen LogP contribution in [-0.4, -0.2) is 21.9 Å². The third-order valence-corrected chi connectivity index (χ3v) is 3.69. The SMILES string of the molecule is O=C(O)c1ccc2c(c1)CN(C(=O)CCc1ccco1)C2. The van der Waals surface area contributed by atoms with Crippen molar-refractivity contribution in [1.29, 1.82) is 0 Å². The van der Waals surface area contributed by atoms with Gasteiger partial charge in [-0.1, -0.05) is 6.07 Å². The molecule has 0 bridgehead atoms. The Morgan fingerprint density at radius 3 is 2.71 bits per heavy atom. The Bertz CT molecular complexity index is 676. The van der Waals surface area contributed by atoms with E-state index in [1.54, 1.807) is 35.4 Å². The Kier molecular flexibility index (Phi) is 3.48. The summed E-state index contributed by atoms with van der Waals surface area (Å²) in [6.07, 6.45) is 2.57. The Morgan fingerprint density at radius 1 is 1.19 bits per heavy atom. The van der Waals surface area contributed by atoms with Crippen molar-refractivity contribution in [2.45, 2.75) is 25.9 Å². The lowest BCUT2D eigenvalue weighted by atomic mass is 10.1. The number of carbonyl (C=O) groups is 2. The van der Waals surface area contributed by atoms with Gasteiger partial charge in [0, 0.05) is 25.9 Å². The molecule has 0 spiro atoms. The molecule has 108 valence electrons. The van der Waals surface area contributed by atoms with Gasteiger partial charge in [-0.05, 0) is 35.4 Å². The summed E-state index contributed by atoms with van der Waals surface area (Å²) >= 11 is 0. The molecule has 5 nitrogen and oxygen atoms in total. The number of aryl methyl sites for hydroxylation is 1. The quantitative estimate of drug-likeness (QED) is 0.936. The summed E-state index contributed by atoms with van der Waals surface area (Å²) < 4.78 is 5.21. The predicted octanol–water partition coefficient (Wildman–Crippen LogP) is 2.45. The van der Waals surface area contributed by atoms with Gasteiger partial charge in [-0.25, -0.2) is 4.79 Å². The zero-order chi connectivity index (χ0) is 14.8. The fraction of sp³-hybridized carbons (Fsp3) is 0.250. The summed E-state index contributed by atoms with van der Waals surface area (Å²) in [5.41, 5.74) is 2.20. The zero-order valence-corrected chi connectivity index (χ0v) is 11.4. The predicted molar refractivity (Wildman–Crippen MR) is 74.7 cm³/mol. The smallest absolute Gasteiger partial charge is 0.335 e. The lowest BCUT2D eigenvalue weighted by molar-refractivity contribution is -0.131. The summed E-state index contributed by atoms with van der Waals surface area (Å²) in [5, 5.41) is 8.99. The van der Waals surface area contributed by atoms with Crippen molar-refractivity contribution < 1.29 is 19.1 Å². The molecule has 5 heteroatoms. The van der Waals surface area contributed by atoms with Crippen LogP contribution in [0.1, 0.15) is 33.7 Å². The van der Waals surface area contributed by atoms with Crippen molar-refractivity contribution in [2.24, 2.45) is 0 Å². The minimum Gasteiger partial charge on any atom is -0.478 e. The highest BCUT2D eigenvalue weighted by Gasteiger charge is 2.24. The first kappa shape index (κ1) is 13.4. The van der Waals surface area contributed by atoms with Crippen molar-refractivity contribution in [3.05, 3.63) is 59.0 Å². The molecule has 0 saturated heterocycles. The number of hydrogen-bond donors (Lipinski definition) is 1. The van der Waals surface area contributed by atoms with Crippen molar-refractivity contribution in [3.63, 3.8) is 0 Å². The van der Waals surface area contributed by atoms with Crippen LogP contribution in [0.2, 0.25) is 0 Å². The zero-order valence-electron chi connectivity index (χ0n) is 11.4. The lowest BCUT2D eigenvalue weighted by Crippen LogP contribution is -2.25. The molecule has 0 fully saturated rings. The van der Waals surface area contributed by atoms with Crippen LogP contribution in [-0.2, 0) is 24.3 Å². The van der Waals surface area contributed by atoms with Crippen LogP contribution < -0.4 is 0 Å². The van der Waals surface area contributed by atoms with Gasteiger partial charge in [0.05, 0.1) is 11.8 Å². The van der Waals surface area contributed by atoms with E-state index in [0.717, 1.165) is 16.9 Å². The van der Waals surface area contributed by atoms with E-state index in [1.807, 2.05) is 6.07 Å². The molecule has 21 heavy (non-hydrogen) atoms. The van der Waals surface area contributed by atoms with Crippen LogP contribution in [0, 0.1) is 0 Å². The van der Waals surface area contributed by atoms with E-state index in [2.05, 4.69) is 0 Å². The van der Waals surface area contributed by atoms with Crippen LogP contribution in [0.25, 0.3) is 0 Å². The number of hydrogen-bond acceptors (Lipinski definition) is 3. The molecule has 0 aliphatic carbocycles. The summed E-state index contributed by atoms with van der Waals surface area (Å²) in [6.45, 7) is 1.03. The normalized spacial score (nSPS) is 13.2. The first-order valence-corrected chi connectivity index (χ1v) is 6.79. The minimum absolute atomic E-state index is 0.0551. The second-order valence-corrected chi connectivity index (χ2v) is 5.12. The van der Waals surface area contributed by atoms with Crippen molar-refractivity contribution in [3.8, 4) is 0 Å². The molecule has 0 unspecified atom stereocenters. The highest BCUT2D eigenvalue weighted by Crippen LogP contribution is 2.24. The first-order valence-electron chi connectivity index (χ1n) is 6.79. The highest BCUT2D eigenvalue weighted by atomic mass is 16.4. The minimum atomic E-state index is -0.944. The molecule has 1 aliphatic rings. The summed E-state index contributed by atoms with van der Waals surface area (Å²) in [5.74, 6) is -0.0897. The number of carboxylic acids is 1. The largest absolute Gasteiger partial charge is 0.478 e. The molecule has 1 aromatic carbocycles. The maximum absolute atomic E-state index is 12.2. The summed E-state index contributed by atoms with van der Waals surface area (Å²) in [7, 11) is 0. The molecule has 0 saturated carbocycles. The van der Waals surface area contributed by atoms with Gasteiger partial charge in [-0.3, -0.25) is 4.79 Å². The fourth-order valence-corrected chi connectivity index (χ4v) is 2.55. The molecule has 1 amide bonds. The number of amides is 1. The number of rotatable bonds is 4. The molecule has 3 rings (SSSR count). The van der Waals surface area contributed by atoms with Gasteiger partial charge < -0.3 is 14.4 Å². The second-order valence-electron chi connectivity index (χ2n) is 5.12.